The van der Waals surface area contributed by atoms with Crippen LogP contribution in [-0.2, 0) is 6.18 Å². The first kappa shape index (κ1) is 13.8. The third kappa shape index (κ3) is 2.19. The first-order valence-electron chi connectivity index (χ1n) is 5.78. The summed E-state index contributed by atoms with van der Waals surface area (Å²) in [6.07, 6.45) is -4.27. The zero-order chi connectivity index (χ0) is 14.7. The molecule has 2 nitrogen and oxygen atoms in total. The molecule has 0 atom stereocenters. The lowest BCUT2D eigenvalue weighted by Crippen LogP contribution is -2.37. The molecule has 0 saturated heterocycles. The minimum atomic E-state index is -4.56. The highest BCUT2D eigenvalue weighted by Gasteiger charge is 2.47. The van der Waals surface area contributed by atoms with E-state index < -0.39 is 36.5 Å². The lowest BCUT2D eigenvalue weighted by atomic mass is 9.88. The Kier molecular flexibility index (Phi) is 2.87. The molecule has 0 aliphatic heterocycles. The van der Waals surface area contributed by atoms with E-state index in [0.717, 1.165) is 6.07 Å². The summed E-state index contributed by atoms with van der Waals surface area (Å²) in [4.78, 5) is 3.89. The minimum absolute atomic E-state index is 0.138. The molecule has 0 amide bonds. The Hall–Kier alpha value is -1.18. The van der Waals surface area contributed by atoms with Crippen LogP contribution >= 0.6 is 15.9 Å². The summed E-state index contributed by atoms with van der Waals surface area (Å²) in [6.45, 7) is 0. The number of benzene rings is 1. The molecule has 1 heterocycles. The van der Waals surface area contributed by atoms with E-state index in [1.54, 1.807) is 0 Å². The lowest BCUT2D eigenvalue weighted by molar-refractivity contribution is -0.136. The number of imidazole rings is 1. The Morgan fingerprint density at radius 1 is 1.25 bits per heavy atom. The van der Waals surface area contributed by atoms with E-state index in [1.807, 2.05) is 0 Å². The van der Waals surface area contributed by atoms with Gasteiger partial charge in [-0.05, 0) is 12.1 Å². The minimum Gasteiger partial charge on any atom is -0.327 e. The Morgan fingerprint density at radius 3 is 2.45 bits per heavy atom. The van der Waals surface area contributed by atoms with Gasteiger partial charge in [-0.3, -0.25) is 0 Å². The zero-order valence-electron chi connectivity index (χ0n) is 9.89. The van der Waals surface area contributed by atoms with Crippen molar-refractivity contribution in [2.75, 3.05) is 0 Å². The van der Waals surface area contributed by atoms with Crippen LogP contribution in [0.25, 0.3) is 11.0 Å². The van der Waals surface area contributed by atoms with Crippen LogP contribution in [0.2, 0.25) is 0 Å². The summed E-state index contributed by atoms with van der Waals surface area (Å²) >= 11 is 3.00. The molecule has 1 aliphatic rings. The highest BCUT2D eigenvalue weighted by molar-refractivity contribution is 9.10. The molecule has 1 saturated carbocycles. The molecule has 0 unspecified atom stereocenters. The summed E-state index contributed by atoms with van der Waals surface area (Å²) < 4.78 is 66.5. The van der Waals surface area contributed by atoms with Gasteiger partial charge in [-0.25, -0.2) is 13.8 Å². The molecular weight excluding hydrogens is 347 g/mol. The Morgan fingerprint density at radius 2 is 1.90 bits per heavy atom. The van der Waals surface area contributed by atoms with Crippen molar-refractivity contribution >= 4 is 27.0 Å². The normalized spacial score (nSPS) is 19.3. The Labute approximate surface area is 118 Å². The van der Waals surface area contributed by atoms with Crippen LogP contribution in [0, 0.1) is 0 Å². The average molecular weight is 355 g/mol. The van der Waals surface area contributed by atoms with Crippen LogP contribution in [0.5, 0.6) is 0 Å². The van der Waals surface area contributed by atoms with Crippen molar-refractivity contribution in [3.05, 3.63) is 28.5 Å². The van der Waals surface area contributed by atoms with Gasteiger partial charge in [0, 0.05) is 23.4 Å². The van der Waals surface area contributed by atoms with Crippen molar-refractivity contribution in [1.29, 1.82) is 0 Å². The van der Waals surface area contributed by atoms with Crippen molar-refractivity contribution < 1.29 is 22.0 Å². The number of halogens is 6. The molecule has 0 bridgehead atoms. The molecule has 3 rings (SSSR count). The molecule has 1 aromatic heterocycles. The number of fused-ring (bicyclic) bond motifs is 1. The highest BCUT2D eigenvalue weighted by atomic mass is 79.9. The highest BCUT2D eigenvalue weighted by Crippen LogP contribution is 2.47. The second kappa shape index (κ2) is 4.16. The lowest BCUT2D eigenvalue weighted by Gasteiger charge is -2.36. The van der Waals surface area contributed by atoms with Gasteiger partial charge in [-0.2, -0.15) is 13.2 Å². The maximum atomic E-state index is 13.1. The van der Waals surface area contributed by atoms with Crippen LogP contribution < -0.4 is 0 Å². The zero-order valence-corrected chi connectivity index (χ0v) is 11.5. The number of hydrogen-bond acceptors (Lipinski definition) is 1. The molecule has 0 spiro atoms. The van der Waals surface area contributed by atoms with Crippen LogP contribution in [0.4, 0.5) is 22.0 Å². The van der Waals surface area contributed by atoms with Gasteiger partial charge in [0.25, 0.3) is 5.92 Å². The molecule has 2 aromatic rings. The maximum Gasteiger partial charge on any atom is 0.418 e. The predicted octanol–water partition coefficient (Wildman–Crippen LogP) is 4.79. The predicted molar refractivity (Wildman–Crippen MR) is 65.7 cm³/mol. The number of alkyl halides is 5. The molecular formula is C12H8BrF5N2. The fourth-order valence-electron chi connectivity index (χ4n) is 2.46. The van der Waals surface area contributed by atoms with Gasteiger partial charge >= 0.3 is 6.18 Å². The van der Waals surface area contributed by atoms with E-state index in [1.165, 1.54) is 17.0 Å². The molecule has 1 aliphatic carbocycles. The number of hydrogen-bond donors (Lipinski definition) is 0. The van der Waals surface area contributed by atoms with Gasteiger partial charge in [0.15, 0.2) is 0 Å². The first-order valence-corrected chi connectivity index (χ1v) is 6.58. The van der Waals surface area contributed by atoms with E-state index >= 15 is 0 Å². The number of rotatable bonds is 1. The molecule has 0 N–H and O–H groups in total. The molecule has 1 fully saturated rings. The van der Waals surface area contributed by atoms with Gasteiger partial charge in [-0.15, -0.1) is 0 Å². The number of aromatic nitrogens is 2. The standard InChI is InChI=1S/C12H8BrF5N2/c13-6-1-8(12(16,17)18)10-9(2-6)19-5-20(10)7-3-11(14,15)4-7/h1-2,5,7H,3-4H2. The third-order valence-electron chi connectivity index (χ3n) is 3.40. The van der Waals surface area contributed by atoms with Crippen LogP contribution in [0.1, 0.15) is 24.4 Å². The molecule has 108 valence electrons. The average Bonchev–Trinajstić information content (AvgIpc) is 2.66. The second-order valence-corrected chi connectivity index (χ2v) is 5.80. The van der Waals surface area contributed by atoms with Gasteiger partial charge in [-0.1, -0.05) is 15.9 Å². The van der Waals surface area contributed by atoms with Crippen molar-refractivity contribution in [3.63, 3.8) is 0 Å². The van der Waals surface area contributed by atoms with E-state index in [0.29, 0.717) is 0 Å². The summed E-state index contributed by atoms with van der Waals surface area (Å²) in [7, 11) is 0. The van der Waals surface area contributed by atoms with Crippen LogP contribution in [0.15, 0.2) is 22.9 Å². The summed E-state index contributed by atoms with van der Waals surface area (Å²) in [5.41, 5.74) is -0.863. The second-order valence-electron chi connectivity index (χ2n) is 4.89. The van der Waals surface area contributed by atoms with Crippen LogP contribution in [-0.4, -0.2) is 15.5 Å². The van der Waals surface area contributed by atoms with E-state index in [-0.39, 0.29) is 15.5 Å². The fraction of sp³-hybridized carbons (Fsp3) is 0.417. The summed E-state index contributed by atoms with van der Waals surface area (Å²) in [6, 6.07) is 1.74. The SMILES string of the molecule is FC1(F)CC(n2cnc3cc(Br)cc(C(F)(F)F)c32)C1. The summed E-state index contributed by atoms with van der Waals surface area (Å²) in [5.74, 6) is -2.80. The maximum absolute atomic E-state index is 13.1. The largest absolute Gasteiger partial charge is 0.418 e. The van der Waals surface area contributed by atoms with E-state index in [2.05, 4.69) is 20.9 Å². The summed E-state index contributed by atoms with van der Waals surface area (Å²) in [5, 5.41) is 0. The van der Waals surface area contributed by atoms with E-state index in [9.17, 15) is 22.0 Å². The van der Waals surface area contributed by atoms with Crippen molar-refractivity contribution in [3.8, 4) is 0 Å². The van der Waals surface area contributed by atoms with Gasteiger partial charge in [0.2, 0.25) is 0 Å². The molecule has 8 heteroatoms. The Bertz CT molecular complexity index is 668. The number of nitrogens with zero attached hydrogens (tertiary/aromatic N) is 2. The van der Waals surface area contributed by atoms with E-state index in [4.69, 9.17) is 0 Å². The molecule has 1 aromatic carbocycles. The topological polar surface area (TPSA) is 17.8 Å². The van der Waals surface area contributed by atoms with Crippen LogP contribution in [0.3, 0.4) is 0 Å². The quantitative estimate of drug-likeness (QED) is 0.673. The monoisotopic (exact) mass is 354 g/mol. The Balaban J connectivity index is 2.16. The van der Waals surface area contributed by atoms with Crippen molar-refractivity contribution in [1.82, 2.24) is 9.55 Å². The van der Waals surface area contributed by atoms with Crippen molar-refractivity contribution in [2.45, 2.75) is 31.0 Å². The smallest absolute Gasteiger partial charge is 0.327 e. The third-order valence-corrected chi connectivity index (χ3v) is 3.86. The van der Waals surface area contributed by atoms with Crippen molar-refractivity contribution in [2.24, 2.45) is 0 Å². The van der Waals surface area contributed by atoms with Gasteiger partial charge < -0.3 is 4.57 Å². The first-order chi connectivity index (χ1) is 9.17. The fourth-order valence-corrected chi connectivity index (χ4v) is 2.90. The van der Waals surface area contributed by atoms with Gasteiger partial charge in [0.1, 0.15) is 0 Å². The molecule has 0 radical (unpaired) electrons. The molecule has 20 heavy (non-hydrogen) atoms. The van der Waals surface area contributed by atoms with Gasteiger partial charge in [0.05, 0.1) is 22.9 Å².